The molecule has 0 saturated heterocycles. The smallest absolute Gasteiger partial charge is 0.0246 e. The summed E-state index contributed by atoms with van der Waals surface area (Å²) in [6, 6.07) is 0. The fraction of sp³-hybridized carbons (Fsp3) is 0.400. The van der Waals surface area contributed by atoms with E-state index in [0.29, 0.717) is 0 Å². The normalized spacial score (nSPS) is 31.5. The zero-order chi connectivity index (χ0) is 7.78. The summed E-state index contributed by atoms with van der Waals surface area (Å²) in [4.78, 5) is 0. The van der Waals surface area contributed by atoms with E-state index in [-0.39, 0.29) is 5.41 Å². The van der Waals surface area contributed by atoms with Crippen LogP contribution in [0.5, 0.6) is 0 Å². The first kappa shape index (κ1) is 7.33. The highest BCUT2D eigenvalue weighted by molar-refractivity contribution is 5.41. The summed E-state index contributed by atoms with van der Waals surface area (Å²) < 4.78 is 0. The number of hydrogen-bond donors (Lipinski definition) is 0. The minimum atomic E-state index is 0.129. The minimum Gasteiger partial charge on any atom is -0.102 e. The van der Waals surface area contributed by atoms with Gasteiger partial charge >= 0.3 is 0 Å². The zero-order valence-electron chi connectivity index (χ0n) is 6.94. The Kier molecular flexibility index (Phi) is 1.55. The Morgan fingerprint density at radius 2 is 2.10 bits per heavy atom. The van der Waals surface area contributed by atoms with E-state index >= 15 is 0 Å². The predicted octanol–water partition coefficient (Wildman–Crippen LogP) is 3.08. The molecular weight excluding hydrogens is 120 g/mol. The lowest BCUT2D eigenvalue weighted by molar-refractivity contribution is 0.676. The van der Waals surface area contributed by atoms with Gasteiger partial charge in [-0.15, -0.1) is 6.58 Å². The quantitative estimate of drug-likeness (QED) is 0.483. The van der Waals surface area contributed by atoms with Crippen molar-refractivity contribution in [3.05, 3.63) is 36.0 Å². The molecule has 0 amide bonds. The Hall–Kier alpha value is -0.780. The van der Waals surface area contributed by atoms with Gasteiger partial charge in [-0.3, -0.25) is 0 Å². The van der Waals surface area contributed by atoms with Gasteiger partial charge in [0, 0.05) is 5.41 Å². The molecule has 0 aromatic rings. The summed E-state index contributed by atoms with van der Waals surface area (Å²) in [6.45, 7) is 10.3. The largest absolute Gasteiger partial charge is 0.102 e. The molecule has 0 aliphatic heterocycles. The third kappa shape index (κ3) is 0.942. The SMILES string of the molecule is C=CC1(C)C=C(C)C=C1C. The molecule has 0 nitrogen and oxygen atoms in total. The molecular formula is C10H14. The van der Waals surface area contributed by atoms with E-state index in [1.54, 1.807) is 0 Å². The van der Waals surface area contributed by atoms with Crippen molar-refractivity contribution in [3.8, 4) is 0 Å². The third-order valence-electron chi connectivity index (χ3n) is 2.25. The molecule has 1 aliphatic carbocycles. The first-order chi connectivity index (χ1) is 4.58. The van der Waals surface area contributed by atoms with E-state index in [1.165, 1.54) is 11.1 Å². The Labute approximate surface area is 62.9 Å². The van der Waals surface area contributed by atoms with E-state index in [2.05, 4.69) is 39.5 Å². The fourth-order valence-electron chi connectivity index (χ4n) is 1.35. The van der Waals surface area contributed by atoms with E-state index in [9.17, 15) is 0 Å². The first-order valence-electron chi connectivity index (χ1n) is 3.60. The van der Waals surface area contributed by atoms with Gasteiger partial charge in [0.05, 0.1) is 0 Å². The second-order valence-corrected chi connectivity index (χ2v) is 3.20. The highest BCUT2D eigenvalue weighted by Crippen LogP contribution is 2.36. The second-order valence-electron chi connectivity index (χ2n) is 3.20. The van der Waals surface area contributed by atoms with Crippen molar-refractivity contribution in [1.82, 2.24) is 0 Å². The third-order valence-corrected chi connectivity index (χ3v) is 2.25. The maximum Gasteiger partial charge on any atom is 0.0246 e. The Balaban J connectivity index is 3.04. The average Bonchev–Trinajstić information content (AvgIpc) is 2.09. The molecule has 54 valence electrons. The summed E-state index contributed by atoms with van der Waals surface area (Å²) in [5, 5.41) is 0. The van der Waals surface area contributed by atoms with Gasteiger partial charge in [-0.1, -0.05) is 29.4 Å². The molecule has 0 heterocycles. The standard InChI is InChI=1S/C10H14/c1-5-10(4)7-8(2)6-9(10)3/h5-7H,1H2,2-4H3. The zero-order valence-corrected chi connectivity index (χ0v) is 6.94. The van der Waals surface area contributed by atoms with Crippen LogP contribution in [0.4, 0.5) is 0 Å². The second kappa shape index (κ2) is 2.12. The van der Waals surface area contributed by atoms with Crippen molar-refractivity contribution >= 4 is 0 Å². The molecule has 0 radical (unpaired) electrons. The van der Waals surface area contributed by atoms with Gasteiger partial charge in [0.15, 0.2) is 0 Å². The van der Waals surface area contributed by atoms with Crippen molar-refractivity contribution in [2.24, 2.45) is 5.41 Å². The molecule has 1 aliphatic rings. The molecule has 0 saturated carbocycles. The number of allylic oxidation sites excluding steroid dienone is 5. The summed E-state index contributed by atoms with van der Waals surface area (Å²) in [5.74, 6) is 0. The van der Waals surface area contributed by atoms with Crippen LogP contribution in [0, 0.1) is 5.41 Å². The van der Waals surface area contributed by atoms with Crippen LogP contribution in [0.15, 0.2) is 36.0 Å². The molecule has 0 fully saturated rings. The highest BCUT2D eigenvalue weighted by Gasteiger charge is 2.23. The van der Waals surface area contributed by atoms with Crippen LogP contribution in [0.25, 0.3) is 0 Å². The van der Waals surface area contributed by atoms with Crippen molar-refractivity contribution in [2.75, 3.05) is 0 Å². The minimum absolute atomic E-state index is 0.129. The van der Waals surface area contributed by atoms with Crippen molar-refractivity contribution in [2.45, 2.75) is 20.8 Å². The molecule has 0 aromatic carbocycles. The molecule has 0 heteroatoms. The van der Waals surface area contributed by atoms with E-state index in [1.807, 2.05) is 6.08 Å². The fourth-order valence-corrected chi connectivity index (χ4v) is 1.35. The van der Waals surface area contributed by atoms with Crippen LogP contribution < -0.4 is 0 Å². The number of rotatable bonds is 1. The van der Waals surface area contributed by atoms with Gasteiger partial charge in [-0.05, 0) is 20.8 Å². The Morgan fingerprint density at radius 3 is 2.30 bits per heavy atom. The van der Waals surface area contributed by atoms with Crippen LogP contribution in [-0.4, -0.2) is 0 Å². The molecule has 0 spiro atoms. The molecule has 1 unspecified atom stereocenters. The van der Waals surface area contributed by atoms with Gasteiger partial charge in [-0.2, -0.15) is 0 Å². The summed E-state index contributed by atoms with van der Waals surface area (Å²) >= 11 is 0. The van der Waals surface area contributed by atoms with Gasteiger partial charge < -0.3 is 0 Å². The van der Waals surface area contributed by atoms with Crippen LogP contribution in [0.2, 0.25) is 0 Å². The summed E-state index contributed by atoms with van der Waals surface area (Å²) in [6.07, 6.45) is 6.45. The predicted molar refractivity (Wildman–Crippen MR) is 45.8 cm³/mol. The van der Waals surface area contributed by atoms with Crippen LogP contribution >= 0.6 is 0 Å². The van der Waals surface area contributed by atoms with Gasteiger partial charge in [0.1, 0.15) is 0 Å². The summed E-state index contributed by atoms with van der Waals surface area (Å²) in [7, 11) is 0. The Bertz CT molecular complexity index is 218. The van der Waals surface area contributed by atoms with Gasteiger partial charge in [-0.25, -0.2) is 0 Å². The number of hydrogen-bond acceptors (Lipinski definition) is 0. The molecule has 0 aromatic heterocycles. The van der Waals surface area contributed by atoms with Gasteiger partial charge in [0.2, 0.25) is 0 Å². The Morgan fingerprint density at radius 1 is 1.50 bits per heavy atom. The van der Waals surface area contributed by atoms with E-state index in [4.69, 9.17) is 0 Å². The van der Waals surface area contributed by atoms with Crippen LogP contribution in [0.1, 0.15) is 20.8 Å². The van der Waals surface area contributed by atoms with Crippen LogP contribution in [0.3, 0.4) is 0 Å². The van der Waals surface area contributed by atoms with E-state index < -0.39 is 0 Å². The first-order valence-corrected chi connectivity index (χ1v) is 3.60. The topological polar surface area (TPSA) is 0 Å². The lowest BCUT2D eigenvalue weighted by Gasteiger charge is -2.18. The molecule has 0 N–H and O–H groups in total. The van der Waals surface area contributed by atoms with Crippen LogP contribution in [-0.2, 0) is 0 Å². The maximum atomic E-state index is 3.81. The lowest BCUT2D eigenvalue weighted by atomic mass is 9.86. The van der Waals surface area contributed by atoms with Crippen molar-refractivity contribution < 1.29 is 0 Å². The molecule has 0 bridgehead atoms. The molecule has 10 heavy (non-hydrogen) atoms. The molecule has 1 rings (SSSR count). The monoisotopic (exact) mass is 134 g/mol. The highest BCUT2D eigenvalue weighted by atomic mass is 14.3. The molecule has 1 atom stereocenters. The van der Waals surface area contributed by atoms with E-state index in [0.717, 1.165) is 0 Å². The summed E-state index contributed by atoms with van der Waals surface area (Å²) in [5.41, 5.74) is 2.87. The lowest BCUT2D eigenvalue weighted by Crippen LogP contribution is -2.06. The van der Waals surface area contributed by atoms with Crippen molar-refractivity contribution in [3.63, 3.8) is 0 Å². The van der Waals surface area contributed by atoms with Crippen molar-refractivity contribution in [1.29, 1.82) is 0 Å². The maximum absolute atomic E-state index is 3.81. The van der Waals surface area contributed by atoms with Gasteiger partial charge in [0.25, 0.3) is 0 Å². The average molecular weight is 134 g/mol.